The molecule has 0 fully saturated rings. The first kappa shape index (κ1) is 28.8. The van der Waals surface area contributed by atoms with E-state index in [0.717, 1.165) is 34.0 Å². The van der Waals surface area contributed by atoms with Crippen LogP contribution in [0.15, 0.2) is 83.8 Å². The zero-order valence-electron chi connectivity index (χ0n) is 22.1. The highest BCUT2D eigenvalue weighted by Gasteiger charge is 2.32. The van der Waals surface area contributed by atoms with E-state index in [0.29, 0.717) is 0 Å². The van der Waals surface area contributed by atoms with Crippen molar-refractivity contribution in [2.24, 2.45) is 0 Å². The lowest BCUT2D eigenvalue weighted by molar-refractivity contribution is -0.139. The summed E-state index contributed by atoms with van der Waals surface area (Å²) in [4.78, 5) is 28.3. The summed E-state index contributed by atoms with van der Waals surface area (Å²) < 4.78 is 42.0. The van der Waals surface area contributed by atoms with Crippen LogP contribution in [0, 0.1) is 12.7 Å². The van der Waals surface area contributed by atoms with E-state index in [9.17, 15) is 22.4 Å². The predicted molar refractivity (Wildman–Crippen MR) is 146 cm³/mol. The largest absolute Gasteiger partial charge is 0.352 e. The van der Waals surface area contributed by atoms with Gasteiger partial charge in [0.1, 0.15) is 18.4 Å². The molecule has 3 aromatic carbocycles. The molecule has 0 aliphatic heterocycles. The Bertz CT molecular complexity index is 1350. The molecule has 0 aliphatic carbocycles. The Morgan fingerprint density at radius 2 is 1.53 bits per heavy atom. The third kappa shape index (κ3) is 6.98. The molecule has 202 valence electrons. The third-order valence-corrected chi connectivity index (χ3v) is 8.28. The Kier molecular flexibility index (Phi) is 9.63. The van der Waals surface area contributed by atoms with Gasteiger partial charge in [-0.2, -0.15) is 0 Å². The van der Waals surface area contributed by atoms with E-state index < -0.39 is 34.3 Å². The number of nitrogens with one attached hydrogen (secondary N) is 1. The number of carbonyl (C=O) groups excluding carboxylic acids is 2. The molecule has 0 bridgehead atoms. The second-order valence-corrected chi connectivity index (χ2v) is 11.1. The number of benzene rings is 3. The fourth-order valence-corrected chi connectivity index (χ4v) is 5.31. The summed E-state index contributed by atoms with van der Waals surface area (Å²) in [6.45, 7) is 6.90. The summed E-state index contributed by atoms with van der Waals surface area (Å²) in [5.74, 6) is -1.43. The van der Waals surface area contributed by atoms with Crippen LogP contribution in [0.4, 0.5) is 10.1 Å². The van der Waals surface area contributed by atoms with Crippen LogP contribution in [0.1, 0.15) is 38.3 Å². The van der Waals surface area contributed by atoms with Gasteiger partial charge in [0, 0.05) is 12.6 Å². The number of amides is 2. The first-order chi connectivity index (χ1) is 18.0. The van der Waals surface area contributed by atoms with Crippen molar-refractivity contribution < 1.29 is 22.4 Å². The number of nitrogens with zero attached hydrogens (tertiary/aromatic N) is 2. The molecule has 1 N–H and O–H groups in total. The molecule has 2 amide bonds. The maximum Gasteiger partial charge on any atom is 0.264 e. The highest BCUT2D eigenvalue weighted by molar-refractivity contribution is 7.92. The first-order valence-corrected chi connectivity index (χ1v) is 14.0. The molecule has 0 heterocycles. The molecule has 0 aliphatic rings. The van der Waals surface area contributed by atoms with Gasteiger partial charge in [-0.1, -0.05) is 49.4 Å². The van der Waals surface area contributed by atoms with Gasteiger partial charge < -0.3 is 10.2 Å². The van der Waals surface area contributed by atoms with Crippen LogP contribution < -0.4 is 9.62 Å². The molecule has 9 heteroatoms. The lowest BCUT2D eigenvalue weighted by Crippen LogP contribution is -2.52. The monoisotopic (exact) mass is 539 g/mol. The molecule has 3 rings (SSSR count). The summed E-state index contributed by atoms with van der Waals surface area (Å²) in [6.07, 6.45) is 0.720. The standard InChI is InChI=1S/C29H34FN3O4S/c1-5-22(3)31-29(35)23(4)32(19-24-12-10-9-11-21(24)2)28(34)20-33(26-17-15-25(30)16-18-26)38(36,37)27-13-7-6-8-14-27/h6-18,22-23H,5,19-20H2,1-4H3,(H,31,35)/t22-,23+/m1/s1. The zero-order chi connectivity index (χ0) is 27.9. The number of rotatable bonds is 11. The maximum absolute atomic E-state index is 13.9. The lowest BCUT2D eigenvalue weighted by Gasteiger charge is -2.32. The van der Waals surface area contributed by atoms with Crippen LogP contribution >= 0.6 is 0 Å². The smallest absolute Gasteiger partial charge is 0.264 e. The minimum atomic E-state index is -4.18. The molecule has 38 heavy (non-hydrogen) atoms. The van der Waals surface area contributed by atoms with E-state index in [2.05, 4.69) is 5.32 Å². The van der Waals surface area contributed by atoms with Crippen molar-refractivity contribution in [1.29, 1.82) is 0 Å². The highest BCUT2D eigenvalue weighted by Crippen LogP contribution is 2.25. The third-order valence-electron chi connectivity index (χ3n) is 6.49. The number of anilines is 1. The Morgan fingerprint density at radius 1 is 0.921 bits per heavy atom. The summed E-state index contributed by atoms with van der Waals surface area (Å²) in [7, 11) is -4.18. The molecule has 3 aromatic rings. The van der Waals surface area contributed by atoms with Crippen molar-refractivity contribution in [2.45, 2.75) is 57.6 Å². The number of carbonyl (C=O) groups is 2. The number of hydrogen-bond donors (Lipinski definition) is 1. The van der Waals surface area contributed by atoms with Crippen LogP contribution in [0.3, 0.4) is 0 Å². The molecule has 0 aromatic heterocycles. The average molecular weight is 540 g/mol. The van der Waals surface area contributed by atoms with E-state index in [1.807, 2.05) is 45.0 Å². The second kappa shape index (κ2) is 12.7. The molecule has 0 spiro atoms. The summed E-state index contributed by atoms with van der Waals surface area (Å²) in [5.41, 5.74) is 1.91. The topological polar surface area (TPSA) is 86.8 Å². The maximum atomic E-state index is 13.9. The van der Waals surface area contributed by atoms with E-state index in [-0.39, 0.29) is 29.1 Å². The molecular formula is C29H34FN3O4S. The van der Waals surface area contributed by atoms with Crippen molar-refractivity contribution in [3.63, 3.8) is 0 Å². The SMILES string of the molecule is CC[C@@H](C)NC(=O)[C@H](C)N(Cc1ccccc1C)C(=O)CN(c1ccc(F)cc1)S(=O)(=O)c1ccccc1. The first-order valence-electron chi connectivity index (χ1n) is 12.5. The van der Waals surface area contributed by atoms with Gasteiger partial charge in [0.2, 0.25) is 11.8 Å². The van der Waals surface area contributed by atoms with Crippen LogP contribution in [0.2, 0.25) is 0 Å². The van der Waals surface area contributed by atoms with Crippen molar-refractivity contribution in [2.75, 3.05) is 10.8 Å². The van der Waals surface area contributed by atoms with Crippen LogP contribution in [0.5, 0.6) is 0 Å². The van der Waals surface area contributed by atoms with Crippen molar-refractivity contribution in [1.82, 2.24) is 10.2 Å². The zero-order valence-corrected chi connectivity index (χ0v) is 22.9. The molecule has 0 saturated heterocycles. The molecule has 0 unspecified atom stereocenters. The van der Waals surface area contributed by atoms with E-state index in [1.165, 1.54) is 29.2 Å². The number of aryl methyl sites for hydroxylation is 1. The molecule has 2 atom stereocenters. The van der Waals surface area contributed by atoms with Gasteiger partial charge in [0.15, 0.2) is 0 Å². The van der Waals surface area contributed by atoms with Gasteiger partial charge in [0.05, 0.1) is 10.6 Å². The van der Waals surface area contributed by atoms with Gasteiger partial charge in [0.25, 0.3) is 10.0 Å². The second-order valence-electron chi connectivity index (χ2n) is 9.24. The Morgan fingerprint density at radius 3 is 2.13 bits per heavy atom. The highest BCUT2D eigenvalue weighted by atomic mass is 32.2. The van der Waals surface area contributed by atoms with Gasteiger partial charge in [-0.15, -0.1) is 0 Å². The quantitative estimate of drug-likeness (QED) is 0.384. The predicted octanol–water partition coefficient (Wildman–Crippen LogP) is 4.66. The molecule has 0 radical (unpaired) electrons. The molecular weight excluding hydrogens is 505 g/mol. The number of hydrogen-bond acceptors (Lipinski definition) is 4. The molecule has 7 nitrogen and oxygen atoms in total. The fourth-order valence-electron chi connectivity index (χ4n) is 3.87. The number of sulfonamides is 1. The Hall–Kier alpha value is -3.72. The Labute approximate surface area is 224 Å². The molecule has 0 saturated carbocycles. The van der Waals surface area contributed by atoms with Gasteiger partial charge in [-0.25, -0.2) is 12.8 Å². The van der Waals surface area contributed by atoms with Crippen molar-refractivity contribution >= 4 is 27.5 Å². The van der Waals surface area contributed by atoms with E-state index in [1.54, 1.807) is 25.1 Å². The fraction of sp³-hybridized carbons (Fsp3) is 0.310. The lowest BCUT2D eigenvalue weighted by atomic mass is 10.1. The van der Waals surface area contributed by atoms with Gasteiger partial charge >= 0.3 is 0 Å². The van der Waals surface area contributed by atoms with E-state index in [4.69, 9.17) is 0 Å². The van der Waals surface area contributed by atoms with Crippen molar-refractivity contribution in [3.05, 3.63) is 95.8 Å². The van der Waals surface area contributed by atoms with Gasteiger partial charge in [-0.05, 0) is 74.7 Å². The summed E-state index contributed by atoms with van der Waals surface area (Å²) in [6, 6.07) is 19.2. The average Bonchev–Trinajstić information content (AvgIpc) is 2.91. The summed E-state index contributed by atoms with van der Waals surface area (Å²) >= 11 is 0. The normalized spacial score (nSPS) is 12.9. The van der Waals surface area contributed by atoms with Gasteiger partial charge in [-0.3, -0.25) is 13.9 Å². The summed E-state index contributed by atoms with van der Waals surface area (Å²) in [5, 5.41) is 2.91. The van der Waals surface area contributed by atoms with Crippen LogP contribution in [0.25, 0.3) is 0 Å². The van der Waals surface area contributed by atoms with Crippen LogP contribution in [-0.4, -0.2) is 43.8 Å². The van der Waals surface area contributed by atoms with E-state index >= 15 is 0 Å². The Balaban J connectivity index is 2.02. The minimum Gasteiger partial charge on any atom is -0.352 e. The number of halogens is 1. The van der Waals surface area contributed by atoms with Crippen molar-refractivity contribution in [3.8, 4) is 0 Å². The van der Waals surface area contributed by atoms with Crippen LogP contribution in [-0.2, 0) is 26.2 Å². The minimum absolute atomic E-state index is 0.00913.